The van der Waals surface area contributed by atoms with Gasteiger partial charge in [0.2, 0.25) is 0 Å². The van der Waals surface area contributed by atoms with Crippen LogP contribution in [0.3, 0.4) is 0 Å². The Kier molecular flexibility index (Phi) is 2.24. The van der Waals surface area contributed by atoms with Crippen molar-refractivity contribution in [3.05, 3.63) is 34.4 Å². The number of hydrogen-bond acceptors (Lipinski definition) is 3. The van der Waals surface area contributed by atoms with Crippen LogP contribution < -0.4 is 10.2 Å². The van der Waals surface area contributed by atoms with Crippen molar-refractivity contribution in [2.24, 2.45) is 0 Å². The minimum Gasteiger partial charge on any atom is -0.336 e. The van der Waals surface area contributed by atoms with E-state index in [1.165, 1.54) is 12.1 Å². The van der Waals surface area contributed by atoms with Crippen LogP contribution in [0.15, 0.2) is 24.3 Å². The van der Waals surface area contributed by atoms with Crippen LogP contribution in [-0.2, 0) is 0 Å². The first-order valence-electron chi connectivity index (χ1n) is 4.48. The fourth-order valence-electron chi connectivity index (χ4n) is 1.47. The van der Waals surface area contributed by atoms with E-state index in [1.807, 2.05) is 0 Å². The van der Waals surface area contributed by atoms with Crippen LogP contribution in [0.4, 0.5) is 16.2 Å². The molecule has 6 heteroatoms. The molecule has 1 aromatic rings. The molecule has 0 radical (unpaired) electrons. The van der Waals surface area contributed by atoms with E-state index in [1.54, 1.807) is 17.0 Å². The molecule has 1 fully saturated rings. The van der Waals surface area contributed by atoms with Gasteiger partial charge in [0, 0.05) is 30.9 Å². The second-order valence-electron chi connectivity index (χ2n) is 3.16. The third-order valence-corrected chi connectivity index (χ3v) is 2.23. The summed E-state index contributed by atoms with van der Waals surface area (Å²) in [5.74, 6) is 0. The second-order valence-corrected chi connectivity index (χ2v) is 3.16. The summed E-state index contributed by atoms with van der Waals surface area (Å²) in [5, 5.41) is 13.1. The van der Waals surface area contributed by atoms with Crippen molar-refractivity contribution >= 4 is 17.4 Å². The molecule has 0 spiro atoms. The van der Waals surface area contributed by atoms with Crippen LogP contribution in [0, 0.1) is 10.1 Å². The molecule has 2 rings (SSSR count). The number of nitrogens with zero attached hydrogens (tertiary/aromatic N) is 2. The van der Waals surface area contributed by atoms with E-state index in [2.05, 4.69) is 5.32 Å². The van der Waals surface area contributed by atoms with Crippen molar-refractivity contribution in [3.63, 3.8) is 0 Å². The molecular weight excluding hydrogens is 198 g/mol. The van der Waals surface area contributed by atoms with E-state index < -0.39 is 4.92 Å². The molecule has 0 bridgehead atoms. The van der Waals surface area contributed by atoms with Crippen LogP contribution in [0.1, 0.15) is 0 Å². The monoisotopic (exact) mass is 207 g/mol. The number of non-ortho nitro benzene ring substituents is 1. The molecule has 1 aliphatic heterocycles. The normalized spacial score (nSPS) is 15.2. The number of nitro benzene ring substituents is 1. The van der Waals surface area contributed by atoms with Gasteiger partial charge in [-0.25, -0.2) is 4.79 Å². The number of hydrogen-bond donors (Lipinski definition) is 1. The molecular formula is C9H9N3O3. The summed E-state index contributed by atoms with van der Waals surface area (Å²) >= 11 is 0. The molecule has 0 saturated carbocycles. The molecule has 1 saturated heterocycles. The van der Waals surface area contributed by atoms with Crippen LogP contribution in [0.5, 0.6) is 0 Å². The number of rotatable bonds is 2. The summed E-state index contributed by atoms with van der Waals surface area (Å²) in [6.45, 7) is 1.20. The maximum Gasteiger partial charge on any atom is 0.321 e. The number of carbonyl (C=O) groups is 1. The molecule has 78 valence electrons. The smallest absolute Gasteiger partial charge is 0.321 e. The van der Waals surface area contributed by atoms with Crippen LogP contribution in [0.25, 0.3) is 0 Å². The van der Waals surface area contributed by atoms with Gasteiger partial charge >= 0.3 is 6.03 Å². The Morgan fingerprint density at radius 3 is 2.47 bits per heavy atom. The lowest BCUT2D eigenvalue weighted by molar-refractivity contribution is -0.384. The Hall–Kier alpha value is -2.11. The van der Waals surface area contributed by atoms with Crippen molar-refractivity contribution < 1.29 is 9.72 Å². The van der Waals surface area contributed by atoms with E-state index in [4.69, 9.17) is 0 Å². The predicted octanol–water partition coefficient (Wildman–Crippen LogP) is 1.12. The maximum absolute atomic E-state index is 11.3. The molecule has 1 N–H and O–H groups in total. The van der Waals surface area contributed by atoms with E-state index in [9.17, 15) is 14.9 Å². The third-order valence-electron chi connectivity index (χ3n) is 2.23. The topological polar surface area (TPSA) is 75.5 Å². The Balaban J connectivity index is 2.23. The number of benzene rings is 1. The van der Waals surface area contributed by atoms with Crippen molar-refractivity contribution in [2.75, 3.05) is 18.0 Å². The van der Waals surface area contributed by atoms with Crippen molar-refractivity contribution in [2.45, 2.75) is 0 Å². The standard InChI is InChI=1S/C9H9N3O3/c13-9-10-5-6-11(9)7-1-3-8(4-2-7)12(14)15/h1-4H,5-6H2,(H,10,13). The van der Waals surface area contributed by atoms with Gasteiger partial charge in [-0.1, -0.05) is 0 Å². The zero-order valence-electron chi connectivity index (χ0n) is 7.84. The van der Waals surface area contributed by atoms with Gasteiger partial charge in [0.25, 0.3) is 5.69 Å². The lowest BCUT2D eigenvalue weighted by Crippen LogP contribution is -2.27. The summed E-state index contributed by atoms with van der Waals surface area (Å²) in [5.41, 5.74) is 0.703. The van der Waals surface area contributed by atoms with Gasteiger partial charge in [-0.05, 0) is 12.1 Å². The molecule has 1 aromatic carbocycles. The Bertz CT molecular complexity index is 402. The van der Waals surface area contributed by atoms with Crippen molar-refractivity contribution in [3.8, 4) is 0 Å². The molecule has 6 nitrogen and oxygen atoms in total. The molecule has 15 heavy (non-hydrogen) atoms. The minimum absolute atomic E-state index is 0.0263. The first-order valence-corrected chi connectivity index (χ1v) is 4.48. The van der Waals surface area contributed by atoms with E-state index >= 15 is 0 Å². The molecule has 0 unspecified atom stereocenters. The van der Waals surface area contributed by atoms with Crippen molar-refractivity contribution in [1.29, 1.82) is 0 Å². The Morgan fingerprint density at radius 1 is 1.33 bits per heavy atom. The number of nitro groups is 1. The molecule has 0 aliphatic carbocycles. The van der Waals surface area contributed by atoms with Gasteiger partial charge < -0.3 is 5.32 Å². The number of nitrogens with one attached hydrogen (secondary N) is 1. The zero-order chi connectivity index (χ0) is 10.8. The predicted molar refractivity (Wildman–Crippen MR) is 53.8 cm³/mol. The van der Waals surface area contributed by atoms with Crippen LogP contribution in [-0.4, -0.2) is 24.0 Å². The molecule has 2 amide bonds. The second kappa shape index (κ2) is 3.56. The van der Waals surface area contributed by atoms with Gasteiger partial charge in [-0.15, -0.1) is 0 Å². The molecule has 1 heterocycles. The summed E-state index contributed by atoms with van der Waals surface area (Å²) in [6.07, 6.45) is 0. The number of amides is 2. The van der Waals surface area contributed by atoms with Gasteiger partial charge in [0.1, 0.15) is 0 Å². The Labute approximate surface area is 85.6 Å². The van der Waals surface area contributed by atoms with Gasteiger partial charge in [0.05, 0.1) is 4.92 Å². The lowest BCUT2D eigenvalue weighted by atomic mass is 10.2. The van der Waals surface area contributed by atoms with Gasteiger partial charge in [0.15, 0.2) is 0 Å². The Morgan fingerprint density at radius 2 is 2.00 bits per heavy atom. The first-order chi connectivity index (χ1) is 7.18. The first kappa shape index (κ1) is 9.45. The summed E-state index contributed by atoms with van der Waals surface area (Å²) < 4.78 is 0. The number of carbonyl (C=O) groups excluding carboxylic acids is 1. The van der Waals surface area contributed by atoms with E-state index in [0.717, 1.165) is 0 Å². The largest absolute Gasteiger partial charge is 0.336 e. The number of urea groups is 1. The quantitative estimate of drug-likeness (QED) is 0.583. The average molecular weight is 207 g/mol. The molecule has 0 aromatic heterocycles. The summed E-state index contributed by atoms with van der Waals surface area (Å²) in [7, 11) is 0. The number of anilines is 1. The minimum atomic E-state index is -0.464. The SMILES string of the molecule is O=C1NCCN1c1ccc([N+](=O)[O-])cc1. The fourth-order valence-corrected chi connectivity index (χ4v) is 1.47. The highest BCUT2D eigenvalue weighted by Gasteiger charge is 2.21. The molecule has 1 aliphatic rings. The van der Waals surface area contributed by atoms with E-state index in [-0.39, 0.29) is 11.7 Å². The highest BCUT2D eigenvalue weighted by Crippen LogP contribution is 2.20. The molecule has 0 atom stereocenters. The maximum atomic E-state index is 11.3. The van der Waals surface area contributed by atoms with Gasteiger partial charge in [-0.2, -0.15) is 0 Å². The van der Waals surface area contributed by atoms with Crippen LogP contribution >= 0.6 is 0 Å². The zero-order valence-corrected chi connectivity index (χ0v) is 7.84. The summed E-state index contributed by atoms with van der Waals surface area (Å²) in [4.78, 5) is 22.8. The average Bonchev–Trinajstić information content (AvgIpc) is 2.65. The van der Waals surface area contributed by atoms with Gasteiger partial charge in [-0.3, -0.25) is 15.0 Å². The third kappa shape index (κ3) is 1.74. The lowest BCUT2D eigenvalue weighted by Gasteiger charge is -2.13. The fraction of sp³-hybridized carbons (Fsp3) is 0.222. The summed E-state index contributed by atoms with van der Waals surface area (Å²) in [6, 6.07) is 5.76. The van der Waals surface area contributed by atoms with Crippen molar-refractivity contribution in [1.82, 2.24) is 5.32 Å². The highest BCUT2D eigenvalue weighted by molar-refractivity contribution is 5.94. The van der Waals surface area contributed by atoms with Crippen LogP contribution in [0.2, 0.25) is 0 Å². The van der Waals surface area contributed by atoms with E-state index in [0.29, 0.717) is 18.8 Å². The highest BCUT2D eigenvalue weighted by atomic mass is 16.6.